The van der Waals surface area contributed by atoms with Gasteiger partial charge in [0.2, 0.25) is 11.7 Å². The second kappa shape index (κ2) is 8.00. The molecule has 0 fully saturated rings. The molecule has 10 heteroatoms. The number of furan rings is 1. The summed E-state index contributed by atoms with van der Waals surface area (Å²) in [7, 11) is 1.47. The van der Waals surface area contributed by atoms with Crippen LogP contribution >= 0.6 is 22.9 Å². The lowest BCUT2D eigenvalue weighted by Gasteiger charge is -2.22. The molecule has 2 aromatic carbocycles. The van der Waals surface area contributed by atoms with E-state index in [4.69, 9.17) is 20.8 Å². The van der Waals surface area contributed by atoms with Crippen molar-refractivity contribution < 1.29 is 23.8 Å². The van der Waals surface area contributed by atoms with Crippen molar-refractivity contribution in [2.75, 3.05) is 12.0 Å². The number of rotatable bonds is 5. The summed E-state index contributed by atoms with van der Waals surface area (Å²) in [5.41, 5.74) is 1.62. The number of halogens is 1. The Hall–Kier alpha value is -4.08. The third-order valence-electron chi connectivity index (χ3n) is 5.86. The first kappa shape index (κ1) is 21.5. The highest BCUT2D eigenvalue weighted by Crippen LogP contribution is 2.43. The lowest BCUT2D eigenvalue weighted by atomic mass is 10.0. The lowest BCUT2D eigenvalue weighted by molar-refractivity contribution is -0.117. The maximum atomic E-state index is 13.7. The highest BCUT2D eigenvalue weighted by molar-refractivity contribution is 7.10. The Kier molecular flexibility index (Phi) is 4.91. The van der Waals surface area contributed by atoms with Crippen LogP contribution in [0.4, 0.5) is 5.95 Å². The number of nitrogens with one attached hydrogen (secondary N) is 1. The molecule has 0 aliphatic carbocycles. The Morgan fingerprint density at radius 2 is 2.06 bits per heavy atom. The number of methoxy groups -OCH3 is 1. The van der Waals surface area contributed by atoms with Crippen LogP contribution in [0, 0.1) is 0 Å². The van der Waals surface area contributed by atoms with Crippen LogP contribution in [0.2, 0.25) is 5.02 Å². The van der Waals surface area contributed by atoms with Gasteiger partial charge in [0, 0.05) is 21.4 Å². The van der Waals surface area contributed by atoms with Crippen molar-refractivity contribution in [2.45, 2.75) is 6.04 Å². The van der Waals surface area contributed by atoms with E-state index < -0.39 is 23.5 Å². The molecule has 8 nitrogen and oxygen atoms in total. The number of benzene rings is 2. The maximum absolute atomic E-state index is 13.7. The van der Waals surface area contributed by atoms with Gasteiger partial charge in [-0.15, -0.1) is 11.3 Å². The van der Waals surface area contributed by atoms with Crippen molar-refractivity contribution >= 4 is 62.6 Å². The SMILES string of the molecule is COc1cc(Cl)cc2cc(C(=O)C3=C(O)C(=O)N(c4nc5ccccc5[nH]4)C3c3cccs3)oc12. The molecule has 35 heavy (non-hydrogen) atoms. The van der Waals surface area contributed by atoms with Gasteiger partial charge in [0.05, 0.1) is 23.7 Å². The zero-order valence-corrected chi connectivity index (χ0v) is 19.7. The molecule has 6 rings (SSSR count). The van der Waals surface area contributed by atoms with E-state index in [9.17, 15) is 14.7 Å². The normalized spacial score (nSPS) is 16.1. The van der Waals surface area contributed by atoms with Crippen LogP contribution in [0.15, 0.2) is 75.7 Å². The van der Waals surface area contributed by atoms with Gasteiger partial charge in [-0.05, 0) is 35.7 Å². The minimum atomic E-state index is -0.894. The summed E-state index contributed by atoms with van der Waals surface area (Å²) in [5.74, 6) is -1.47. The summed E-state index contributed by atoms with van der Waals surface area (Å²) < 4.78 is 11.2. The van der Waals surface area contributed by atoms with Gasteiger partial charge in [-0.25, -0.2) is 4.98 Å². The molecule has 0 saturated heterocycles. The molecule has 0 saturated carbocycles. The van der Waals surface area contributed by atoms with Gasteiger partial charge >= 0.3 is 0 Å². The van der Waals surface area contributed by atoms with Gasteiger partial charge in [0.25, 0.3) is 5.91 Å². The molecule has 2 N–H and O–H groups in total. The monoisotopic (exact) mass is 505 g/mol. The van der Waals surface area contributed by atoms with Crippen LogP contribution in [0.3, 0.4) is 0 Å². The number of aliphatic hydroxyl groups is 1. The molecule has 1 aliphatic heterocycles. The van der Waals surface area contributed by atoms with Gasteiger partial charge in [0.15, 0.2) is 22.9 Å². The quantitative estimate of drug-likeness (QED) is 0.291. The van der Waals surface area contributed by atoms with Crippen LogP contribution in [0.25, 0.3) is 22.0 Å². The molecule has 1 amide bonds. The van der Waals surface area contributed by atoms with Crippen molar-refractivity contribution in [3.8, 4) is 5.75 Å². The number of thiophene rings is 1. The number of aromatic nitrogens is 2. The third-order valence-corrected chi connectivity index (χ3v) is 7.00. The van der Waals surface area contributed by atoms with Crippen molar-refractivity contribution in [2.24, 2.45) is 0 Å². The van der Waals surface area contributed by atoms with Crippen molar-refractivity contribution in [1.82, 2.24) is 9.97 Å². The molecule has 5 aromatic rings. The number of aliphatic hydroxyl groups excluding tert-OH is 1. The third kappa shape index (κ3) is 3.31. The van der Waals surface area contributed by atoms with Crippen LogP contribution < -0.4 is 9.64 Å². The van der Waals surface area contributed by atoms with Crippen LogP contribution in [0.5, 0.6) is 5.75 Å². The number of hydrogen-bond acceptors (Lipinski definition) is 7. The average molecular weight is 506 g/mol. The summed E-state index contributed by atoms with van der Waals surface area (Å²) in [6, 6.07) is 14.8. The van der Waals surface area contributed by atoms with E-state index in [2.05, 4.69) is 9.97 Å². The molecule has 3 aromatic heterocycles. The molecule has 0 spiro atoms. The van der Waals surface area contributed by atoms with E-state index >= 15 is 0 Å². The minimum absolute atomic E-state index is 0.0528. The van der Waals surface area contributed by atoms with E-state index in [0.29, 0.717) is 32.1 Å². The zero-order valence-electron chi connectivity index (χ0n) is 18.1. The Bertz CT molecular complexity index is 1630. The number of para-hydroxylation sites is 2. The molecule has 1 aliphatic rings. The summed E-state index contributed by atoms with van der Waals surface area (Å²) in [4.78, 5) is 36.6. The first-order valence-electron chi connectivity index (χ1n) is 10.5. The van der Waals surface area contributed by atoms with Crippen molar-refractivity contribution in [3.05, 3.63) is 87.0 Å². The highest BCUT2D eigenvalue weighted by Gasteiger charge is 2.47. The van der Waals surface area contributed by atoms with Gasteiger partial charge in [-0.1, -0.05) is 29.8 Å². The van der Waals surface area contributed by atoms with E-state index in [-0.39, 0.29) is 17.3 Å². The second-order valence-corrected chi connectivity index (χ2v) is 9.31. The maximum Gasteiger partial charge on any atom is 0.296 e. The fraction of sp³-hybridized carbons (Fsp3) is 0.0800. The smallest absolute Gasteiger partial charge is 0.296 e. The van der Waals surface area contributed by atoms with Gasteiger partial charge in [0.1, 0.15) is 6.04 Å². The number of H-pyrrole nitrogens is 1. The van der Waals surface area contributed by atoms with E-state index in [1.54, 1.807) is 18.2 Å². The largest absolute Gasteiger partial charge is 0.503 e. The second-order valence-electron chi connectivity index (χ2n) is 7.90. The number of imidazole rings is 1. The molecule has 0 bridgehead atoms. The van der Waals surface area contributed by atoms with Crippen LogP contribution in [0.1, 0.15) is 21.5 Å². The fourth-order valence-electron chi connectivity index (χ4n) is 4.31. The Labute approximate surface area is 207 Å². The van der Waals surface area contributed by atoms with Crippen LogP contribution in [-0.2, 0) is 4.79 Å². The summed E-state index contributed by atoms with van der Waals surface area (Å²) in [6.07, 6.45) is 0. The topological polar surface area (TPSA) is 109 Å². The highest BCUT2D eigenvalue weighted by atomic mass is 35.5. The van der Waals surface area contributed by atoms with E-state index in [0.717, 1.165) is 5.52 Å². The van der Waals surface area contributed by atoms with E-state index in [1.165, 1.54) is 29.4 Å². The number of amides is 1. The molecule has 1 unspecified atom stereocenters. The summed E-state index contributed by atoms with van der Waals surface area (Å²) in [5, 5.41) is 13.7. The molecule has 174 valence electrons. The van der Waals surface area contributed by atoms with Crippen LogP contribution in [-0.4, -0.2) is 33.9 Å². The number of fused-ring (bicyclic) bond motifs is 2. The Morgan fingerprint density at radius 3 is 2.80 bits per heavy atom. The number of anilines is 1. The number of nitrogens with zero attached hydrogens (tertiary/aromatic N) is 2. The predicted molar refractivity (Wildman–Crippen MR) is 132 cm³/mol. The average Bonchev–Trinajstić information content (AvgIpc) is 3.63. The molecule has 1 atom stereocenters. The molecular weight excluding hydrogens is 490 g/mol. The van der Waals surface area contributed by atoms with Gasteiger partial charge in [-0.3, -0.25) is 14.5 Å². The number of ether oxygens (including phenoxy) is 1. The van der Waals surface area contributed by atoms with Crippen molar-refractivity contribution in [1.29, 1.82) is 0 Å². The number of hydrogen-bond donors (Lipinski definition) is 2. The summed E-state index contributed by atoms with van der Waals surface area (Å²) >= 11 is 7.51. The molecule has 0 radical (unpaired) electrons. The fourth-order valence-corrected chi connectivity index (χ4v) is 5.35. The van der Waals surface area contributed by atoms with Gasteiger partial charge < -0.3 is 19.2 Å². The summed E-state index contributed by atoms with van der Waals surface area (Å²) in [6.45, 7) is 0. The number of Topliss-reactive ketones (excluding diaryl/α,β-unsaturated/α-hetero) is 1. The molecule has 4 heterocycles. The van der Waals surface area contributed by atoms with Crippen molar-refractivity contribution in [3.63, 3.8) is 0 Å². The lowest BCUT2D eigenvalue weighted by Crippen LogP contribution is -2.31. The number of carbonyl (C=O) groups is 2. The molecular formula is C25H16ClN3O5S. The first-order valence-corrected chi connectivity index (χ1v) is 11.8. The minimum Gasteiger partial charge on any atom is -0.503 e. The van der Waals surface area contributed by atoms with E-state index in [1.807, 2.05) is 35.7 Å². The van der Waals surface area contributed by atoms with Gasteiger partial charge in [-0.2, -0.15) is 0 Å². The number of ketones is 1. The standard InChI is InChI=1S/C25H16ClN3O5S/c1-33-17-11-13(26)9-12-10-16(34-23(12)17)21(30)19-20(18-7-4-8-35-18)29(24(32)22(19)31)25-27-14-5-2-3-6-15(14)28-25/h2-11,20,31H,1H3,(H,27,28). The number of aromatic amines is 1. The predicted octanol–water partition coefficient (Wildman–Crippen LogP) is 5.82. The Morgan fingerprint density at radius 1 is 1.23 bits per heavy atom. The first-order chi connectivity index (χ1) is 17.0. The Balaban J connectivity index is 1.49. The number of carbonyl (C=O) groups excluding carboxylic acids is 2. The zero-order chi connectivity index (χ0) is 24.3.